The molecule has 0 aliphatic carbocycles. The van der Waals surface area contributed by atoms with Crippen molar-refractivity contribution in [1.82, 2.24) is 20.0 Å². The lowest BCUT2D eigenvalue weighted by Gasteiger charge is -2.38. The first-order valence-corrected chi connectivity index (χ1v) is 12.3. The fraction of sp³-hybridized carbons (Fsp3) is 0.393. The topological polar surface area (TPSA) is 67.2 Å². The molecule has 3 atom stereocenters. The van der Waals surface area contributed by atoms with Gasteiger partial charge < -0.3 is 10.2 Å². The highest BCUT2D eigenvalue weighted by Crippen LogP contribution is 2.45. The fourth-order valence-corrected chi connectivity index (χ4v) is 5.81. The summed E-state index contributed by atoms with van der Waals surface area (Å²) in [6, 6.07) is 15.5. The van der Waals surface area contributed by atoms with Crippen molar-refractivity contribution in [3.05, 3.63) is 82.9 Å². The molecule has 0 spiro atoms. The zero-order chi connectivity index (χ0) is 24.7. The number of fused-ring (bicyclic) bond motifs is 1. The number of likely N-dealkylation sites (tertiary alicyclic amines) is 1. The molecule has 2 aliphatic rings. The Hall–Kier alpha value is -3.48. The number of hydrogen-bond acceptors (Lipinski definition) is 3. The Labute approximate surface area is 205 Å². The van der Waals surface area contributed by atoms with Gasteiger partial charge in [0, 0.05) is 17.7 Å². The Morgan fingerprint density at radius 2 is 1.89 bits per heavy atom. The van der Waals surface area contributed by atoms with Crippen LogP contribution < -0.4 is 5.32 Å². The molecular formula is C28H31FN4O2. The maximum absolute atomic E-state index is 14.2. The Morgan fingerprint density at radius 3 is 2.60 bits per heavy atom. The van der Waals surface area contributed by atoms with Crippen LogP contribution in [0.25, 0.3) is 5.69 Å². The zero-order valence-electron chi connectivity index (χ0n) is 20.4. The van der Waals surface area contributed by atoms with E-state index in [1.165, 1.54) is 12.1 Å². The third kappa shape index (κ3) is 4.35. The largest absolute Gasteiger partial charge is 0.349 e. The van der Waals surface area contributed by atoms with Crippen LogP contribution in [0.5, 0.6) is 0 Å². The van der Waals surface area contributed by atoms with Crippen molar-refractivity contribution in [3.8, 4) is 5.69 Å². The van der Waals surface area contributed by atoms with E-state index in [1.54, 1.807) is 12.1 Å². The van der Waals surface area contributed by atoms with E-state index in [1.807, 2.05) is 60.7 Å². The van der Waals surface area contributed by atoms with E-state index in [2.05, 4.69) is 10.4 Å². The summed E-state index contributed by atoms with van der Waals surface area (Å²) in [5.41, 5.74) is 3.62. The molecule has 0 radical (unpaired) electrons. The molecule has 2 aliphatic heterocycles. The van der Waals surface area contributed by atoms with Crippen molar-refractivity contribution >= 4 is 11.8 Å². The van der Waals surface area contributed by atoms with E-state index in [-0.39, 0.29) is 29.7 Å². The van der Waals surface area contributed by atoms with Gasteiger partial charge in [0.25, 0.3) is 5.91 Å². The average molecular weight is 475 g/mol. The molecule has 2 saturated heterocycles. The molecule has 7 heteroatoms. The van der Waals surface area contributed by atoms with Gasteiger partial charge >= 0.3 is 0 Å². The van der Waals surface area contributed by atoms with Crippen LogP contribution in [0.15, 0.2) is 54.6 Å². The highest BCUT2D eigenvalue weighted by atomic mass is 19.1. The SMILES string of the molecule is Cc1cc(C)n(-c2cccc(C(=O)N3[C@H]4CCCCC(=O)N[C@@]4(C)C[C@H]3c3ccc(F)cc3)c2)n1. The second-order valence-corrected chi connectivity index (χ2v) is 10.1. The van der Waals surface area contributed by atoms with Crippen LogP contribution in [0.1, 0.15) is 72.4 Å². The third-order valence-electron chi connectivity index (χ3n) is 7.42. The van der Waals surface area contributed by atoms with Crippen LogP contribution in [0, 0.1) is 19.7 Å². The lowest BCUT2D eigenvalue weighted by molar-refractivity contribution is -0.123. The van der Waals surface area contributed by atoms with Crippen LogP contribution in [-0.2, 0) is 4.79 Å². The number of carbonyl (C=O) groups excluding carboxylic acids is 2. The highest BCUT2D eigenvalue weighted by Gasteiger charge is 2.52. The zero-order valence-corrected chi connectivity index (χ0v) is 20.4. The molecule has 5 rings (SSSR count). The summed E-state index contributed by atoms with van der Waals surface area (Å²) < 4.78 is 15.6. The fourth-order valence-electron chi connectivity index (χ4n) is 5.81. The average Bonchev–Trinajstić information content (AvgIpc) is 3.30. The predicted molar refractivity (Wildman–Crippen MR) is 132 cm³/mol. The molecule has 0 unspecified atom stereocenters. The second kappa shape index (κ2) is 8.95. The van der Waals surface area contributed by atoms with Crippen molar-refractivity contribution in [3.63, 3.8) is 0 Å². The van der Waals surface area contributed by atoms with E-state index in [9.17, 15) is 14.0 Å². The number of rotatable bonds is 3. The van der Waals surface area contributed by atoms with Crippen molar-refractivity contribution in [2.24, 2.45) is 0 Å². The number of aromatic nitrogens is 2. The van der Waals surface area contributed by atoms with Gasteiger partial charge in [-0.1, -0.05) is 24.6 Å². The van der Waals surface area contributed by atoms with E-state index in [4.69, 9.17) is 0 Å². The van der Waals surface area contributed by atoms with Gasteiger partial charge in [-0.2, -0.15) is 5.10 Å². The molecule has 2 amide bonds. The van der Waals surface area contributed by atoms with E-state index >= 15 is 0 Å². The van der Waals surface area contributed by atoms with E-state index in [0.717, 1.165) is 41.9 Å². The minimum absolute atomic E-state index is 0.0240. The number of amides is 2. The summed E-state index contributed by atoms with van der Waals surface area (Å²) in [5.74, 6) is -0.380. The molecule has 0 saturated carbocycles. The van der Waals surface area contributed by atoms with Crippen molar-refractivity contribution in [2.75, 3.05) is 0 Å². The van der Waals surface area contributed by atoms with Crippen LogP contribution in [0.4, 0.5) is 4.39 Å². The van der Waals surface area contributed by atoms with Gasteiger partial charge in [0.2, 0.25) is 5.91 Å². The van der Waals surface area contributed by atoms with Gasteiger partial charge in [0.05, 0.1) is 29.0 Å². The quantitative estimate of drug-likeness (QED) is 0.579. The molecule has 1 aromatic heterocycles. The standard InChI is InChI=1S/C28H31FN4O2/c1-18-15-19(2)33(31-18)23-8-6-7-21(16-23)27(35)32-24(20-11-13-22(29)14-12-20)17-28(3)25(32)9-4-5-10-26(34)30-28/h6-8,11-16,24-25H,4-5,9-10,17H2,1-3H3,(H,30,34)/t24-,25-,28-/m0/s1. The molecule has 1 N–H and O–H groups in total. The lowest BCUT2D eigenvalue weighted by Crippen LogP contribution is -2.56. The normalized spacial score (nSPS) is 24.5. The Kier molecular flexibility index (Phi) is 5.95. The first-order valence-electron chi connectivity index (χ1n) is 12.3. The van der Waals surface area contributed by atoms with Gasteiger partial charge in [-0.25, -0.2) is 9.07 Å². The van der Waals surface area contributed by atoms with Crippen molar-refractivity contribution in [1.29, 1.82) is 0 Å². The van der Waals surface area contributed by atoms with Gasteiger partial charge in [-0.05, 0) is 82.0 Å². The molecule has 3 heterocycles. The summed E-state index contributed by atoms with van der Waals surface area (Å²) in [4.78, 5) is 28.7. The second-order valence-electron chi connectivity index (χ2n) is 10.1. The molecule has 2 aromatic carbocycles. The minimum Gasteiger partial charge on any atom is -0.349 e. The Morgan fingerprint density at radius 1 is 1.11 bits per heavy atom. The molecule has 2 fully saturated rings. The number of benzene rings is 2. The Balaban J connectivity index is 1.57. The van der Waals surface area contributed by atoms with Gasteiger partial charge in [0.1, 0.15) is 5.82 Å². The Bertz CT molecular complexity index is 1270. The molecule has 6 nitrogen and oxygen atoms in total. The first-order chi connectivity index (χ1) is 16.7. The monoisotopic (exact) mass is 474 g/mol. The number of halogens is 1. The number of carbonyl (C=O) groups is 2. The van der Waals surface area contributed by atoms with Gasteiger partial charge in [-0.15, -0.1) is 0 Å². The highest BCUT2D eigenvalue weighted by molar-refractivity contribution is 5.96. The van der Waals surface area contributed by atoms with Crippen molar-refractivity contribution < 1.29 is 14.0 Å². The van der Waals surface area contributed by atoms with Gasteiger partial charge in [0.15, 0.2) is 0 Å². The minimum atomic E-state index is -0.556. The van der Waals surface area contributed by atoms with Crippen LogP contribution in [-0.4, -0.2) is 38.1 Å². The summed E-state index contributed by atoms with van der Waals surface area (Å²) in [7, 11) is 0. The summed E-state index contributed by atoms with van der Waals surface area (Å²) in [5, 5.41) is 7.80. The molecule has 0 bridgehead atoms. The first kappa shape index (κ1) is 23.3. The molecule has 35 heavy (non-hydrogen) atoms. The maximum atomic E-state index is 14.2. The van der Waals surface area contributed by atoms with E-state index in [0.29, 0.717) is 18.4 Å². The number of nitrogens with one attached hydrogen (secondary N) is 1. The summed E-state index contributed by atoms with van der Waals surface area (Å²) in [6.07, 6.45) is 3.56. The number of aryl methyl sites for hydroxylation is 2. The van der Waals surface area contributed by atoms with E-state index < -0.39 is 5.54 Å². The third-order valence-corrected chi connectivity index (χ3v) is 7.42. The molecule has 182 valence electrons. The summed E-state index contributed by atoms with van der Waals surface area (Å²) >= 11 is 0. The maximum Gasteiger partial charge on any atom is 0.254 e. The van der Waals surface area contributed by atoms with Gasteiger partial charge in [-0.3, -0.25) is 9.59 Å². The molecular weight excluding hydrogens is 443 g/mol. The summed E-state index contributed by atoms with van der Waals surface area (Å²) in [6.45, 7) is 5.97. The smallest absolute Gasteiger partial charge is 0.254 e. The predicted octanol–water partition coefficient (Wildman–Crippen LogP) is 5.03. The van der Waals surface area contributed by atoms with Crippen molar-refractivity contribution in [2.45, 2.75) is 70.5 Å². The number of nitrogens with zero attached hydrogens (tertiary/aromatic N) is 3. The van der Waals surface area contributed by atoms with Crippen LogP contribution in [0.2, 0.25) is 0 Å². The number of hydrogen-bond donors (Lipinski definition) is 1. The van der Waals surface area contributed by atoms with Crippen LogP contribution in [0.3, 0.4) is 0 Å². The molecule has 3 aromatic rings. The van der Waals surface area contributed by atoms with Crippen LogP contribution >= 0.6 is 0 Å². The lowest BCUT2D eigenvalue weighted by atomic mass is 9.85.